The second-order valence-electron chi connectivity index (χ2n) is 1.73. The molecule has 0 aromatic heterocycles. The topological polar surface area (TPSA) is 12.0 Å². The summed E-state index contributed by atoms with van der Waals surface area (Å²) in [5.74, 6) is 0. The van der Waals surface area contributed by atoms with E-state index in [0.717, 1.165) is 6.54 Å². The first-order valence-corrected chi connectivity index (χ1v) is 3.40. The number of hydrogen-bond donors (Lipinski definition) is 1. The molecule has 1 N–H and O–H groups in total. The third-order valence-corrected chi connectivity index (χ3v) is 1.09. The molecular weight excluding hydrogens is 153 g/mol. The van der Waals surface area contributed by atoms with Crippen LogP contribution in [0.2, 0.25) is 0 Å². The van der Waals surface area contributed by atoms with Gasteiger partial charge in [-0.15, -0.1) is 0 Å². The first kappa shape index (κ1) is 9.66. The maximum Gasteiger partial charge on any atom is 0.125 e. The van der Waals surface area contributed by atoms with Crippen LogP contribution in [0.3, 0.4) is 0 Å². The maximum absolute atomic E-state index is 11.6. The molecule has 1 nitrogen and oxygen atoms in total. The summed E-state index contributed by atoms with van der Waals surface area (Å²) in [4.78, 5) is 0. The third kappa shape index (κ3) is 5.79. The highest BCUT2D eigenvalue weighted by molar-refractivity contribution is 6.29. The Hall–Kier alpha value is -0.340. The molecule has 0 heterocycles. The first-order valence-electron chi connectivity index (χ1n) is 3.03. The number of rotatable bonds is 4. The molecule has 0 amide bonds. The monoisotopic (exact) mass is 163 g/mol. The minimum absolute atomic E-state index is 0.229. The van der Waals surface area contributed by atoms with E-state index < -0.39 is 6.67 Å². The van der Waals surface area contributed by atoms with Crippen molar-refractivity contribution in [3.05, 3.63) is 23.3 Å². The van der Waals surface area contributed by atoms with Gasteiger partial charge >= 0.3 is 0 Å². The molecule has 0 spiro atoms. The molecule has 58 valence electrons. The maximum atomic E-state index is 11.6. The van der Waals surface area contributed by atoms with Crippen LogP contribution in [0.4, 0.5) is 4.39 Å². The Labute approximate surface area is 65.6 Å². The zero-order valence-electron chi connectivity index (χ0n) is 5.90. The fourth-order valence-electron chi connectivity index (χ4n) is 0.403. The Morgan fingerprint density at radius 2 is 2.40 bits per heavy atom. The molecule has 0 radical (unpaired) electrons. The molecule has 0 saturated heterocycles. The van der Waals surface area contributed by atoms with E-state index in [9.17, 15) is 4.39 Å². The van der Waals surface area contributed by atoms with Crippen LogP contribution in [0.25, 0.3) is 0 Å². The summed E-state index contributed by atoms with van der Waals surface area (Å²) >= 11 is 5.36. The van der Waals surface area contributed by atoms with E-state index in [-0.39, 0.29) is 5.03 Å². The molecule has 0 aromatic carbocycles. The number of halogens is 2. The van der Waals surface area contributed by atoms with Gasteiger partial charge < -0.3 is 5.32 Å². The summed E-state index contributed by atoms with van der Waals surface area (Å²) in [7, 11) is 1.84. The fraction of sp³-hybridized carbons (Fsp3) is 0.429. The van der Waals surface area contributed by atoms with Crippen molar-refractivity contribution in [1.82, 2.24) is 5.32 Å². The van der Waals surface area contributed by atoms with Crippen LogP contribution in [0, 0.1) is 0 Å². The molecule has 0 atom stereocenters. The van der Waals surface area contributed by atoms with Gasteiger partial charge in [-0.1, -0.05) is 23.8 Å². The highest BCUT2D eigenvalue weighted by Gasteiger charge is 1.83. The molecule has 0 fully saturated rings. The predicted molar refractivity (Wildman–Crippen MR) is 43.0 cm³/mol. The molecule has 0 rings (SSSR count). The summed E-state index contributed by atoms with van der Waals surface area (Å²) < 4.78 is 11.6. The minimum Gasteiger partial charge on any atom is -0.316 e. The van der Waals surface area contributed by atoms with Gasteiger partial charge in [0.2, 0.25) is 0 Å². The van der Waals surface area contributed by atoms with E-state index in [1.807, 2.05) is 13.1 Å². The summed E-state index contributed by atoms with van der Waals surface area (Å²) in [5.41, 5.74) is 0. The van der Waals surface area contributed by atoms with Gasteiger partial charge in [-0.05, 0) is 13.1 Å². The van der Waals surface area contributed by atoms with Crippen LogP contribution in [0.15, 0.2) is 23.3 Å². The van der Waals surface area contributed by atoms with Crippen molar-refractivity contribution >= 4 is 11.6 Å². The summed E-state index contributed by atoms with van der Waals surface area (Å²) in [6.45, 7) is 0.179. The van der Waals surface area contributed by atoms with E-state index in [1.54, 1.807) is 12.2 Å². The quantitative estimate of drug-likeness (QED) is 0.624. The molecule has 0 aliphatic carbocycles. The van der Waals surface area contributed by atoms with Gasteiger partial charge in [0.15, 0.2) is 0 Å². The summed E-state index contributed by atoms with van der Waals surface area (Å²) in [6, 6.07) is 0. The van der Waals surface area contributed by atoms with Crippen molar-refractivity contribution in [2.45, 2.75) is 0 Å². The van der Waals surface area contributed by atoms with Crippen molar-refractivity contribution < 1.29 is 4.39 Å². The molecule has 0 aliphatic heterocycles. The van der Waals surface area contributed by atoms with Crippen LogP contribution in [0.5, 0.6) is 0 Å². The number of allylic oxidation sites excluding steroid dienone is 3. The van der Waals surface area contributed by atoms with E-state index in [4.69, 9.17) is 11.6 Å². The van der Waals surface area contributed by atoms with Crippen molar-refractivity contribution in [3.63, 3.8) is 0 Å². The van der Waals surface area contributed by atoms with Crippen molar-refractivity contribution in [1.29, 1.82) is 0 Å². The number of alkyl halides is 1. The van der Waals surface area contributed by atoms with Crippen molar-refractivity contribution in [2.75, 3.05) is 20.3 Å². The second-order valence-corrected chi connectivity index (χ2v) is 2.22. The highest BCUT2D eigenvalue weighted by atomic mass is 35.5. The van der Waals surface area contributed by atoms with Gasteiger partial charge in [0.25, 0.3) is 0 Å². The third-order valence-electron chi connectivity index (χ3n) is 0.863. The lowest BCUT2D eigenvalue weighted by Gasteiger charge is -1.86. The average Bonchev–Trinajstić information content (AvgIpc) is 1.98. The largest absolute Gasteiger partial charge is 0.316 e. The zero-order chi connectivity index (χ0) is 7.82. The molecule has 3 heteroatoms. The van der Waals surface area contributed by atoms with Gasteiger partial charge in [-0.25, -0.2) is 4.39 Å². The van der Waals surface area contributed by atoms with Crippen LogP contribution in [-0.2, 0) is 0 Å². The van der Waals surface area contributed by atoms with Gasteiger partial charge in [-0.3, -0.25) is 0 Å². The van der Waals surface area contributed by atoms with E-state index in [2.05, 4.69) is 5.32 Å². The highest BCUT2D eigenvalue weighted by Crippen LogP contribution is 2.00. The lowest BCUT2D eigenvalue weighted by molar-refractivity contribution is 0.556. The average molecular weight is 164 g/mol. The Bertz CT molecular complexity index is 132. The van der Waals surface area contributed by atoms with E-state index >= 15 is 0 Å². The minimum atomic E-state index is -0.592. The molecule has 0 saturated carbocycles. The number of hydrogen-bond acceptors (Lipinski definition) is 1. The lowest BCUT2D eigenvalue weighted by Crippen LogP contribution is -2.03. The zero-order valence-corrected chi connectivity index (χ0v) is 6.66. The number of nitrogens with one attached hydrogen (secondary N) is 1. The SMILES string of the molecule is CNC/C=C\C=C(\Cl)CF. The summed E-state index contributed by atoms with van der Waals surface area (Å²) in [5, 5.41) is 3.14. The Balaban J connectivity index is 3.49. The second kappa shape index (κ2) is 6.78. The predicted octanol–water partition coefficient (Wildman–Crippen LogP) is 1.85. The van der Waals surface area contributed by atoms with Crippen LogP contribution >= 0.6 is 11.6 Å². The molecule has 0 unspecified atom stereocenters. The lowest BCUT2D eigenvalue weighted by atomic mass is 10.4. The molecule has 10 heavy (non-hydrogen) atoms. The van der Waals surface area contributed by atoms with Gasteiger partial charge in [-0.2, -0.15) is 0 Å². The Morgan fingerprint density at radius 1 is 1.70 bits per heavy atom. The Morgan fingerprint density at radius 3 is 2.90 bits per heavy atom. The van der Waals surface area contributed by atoms with Gasteiger partial charge in [0.05, 0.1) is 0 Å². The van der Waals surface area contributed by atoms with Crippen LogP contribution in [-0.4, -0.2) is 20.3 Å². The Kier molecular flexibility index (Phi) is 6.55. The van der Waals surface area contributed by atoms with Crippen molar-refractivity contribution in [3.8, 4) is 0 Å². The first-order chi connectivity index (χ1) is 4.81. The van der Waals surface area contributed by atoms with Crippen LogP contribution < -0.4 is 5.32 Å². The van der Waals surface area contributed by atoms with Crippen LogP contribution in [0.1, 0.15) is 0 Å². The van der Waals surface area contributed by atoms with Gasteiger partial charge in [0, 0.05) is 11.6 Å². The molecule has 0 aliphatic rings. The number of likely N-dealkylation sites (N-methyl/N-ethyl adjacent to an activating group) is 1. The molecule has 0 bridgehead atoms. The standard InChI is InChI=1S/C7H11ClFN/c1-10-5-3-2-4-7(8)6-9/h2-4,10H,5-6H2,1H3/b3-2-,7-4+. The van der Waals surface area contributed by atoms with Crippen molar-refractivity contribution in [2.24, 2.45) is 0 Å². The smallest absolute Gasteiger partial charge is 0.125 e. The van der Waals surface area contributed by atoms with E-state index in [0.29, 0.717) is 0 Å². The van der Waals surface area contributed by atoms with Gasteiger partial charge in [0.1, 0.15) is 6.67 Å². The van der Waals surface area contributed by atoms with E-state index in [1.165, 1.54) is 0 Å². The normalized spacial score (nSPS) is 12.9. The fourth-order valence-corrected chi connectivity index (χ4v) is 0.476. The molecule has 0 aromatic rings. The summed E-state index contributed by atoms with van der Waals surface area (Å²) in [6.07, 6.45) is 5.12. The molecular formula is C7H11ClFN.